The number of aromatic hydroxyl groups is 5. The Morgan fingerprint density at radius 3 is 2.35 bits per heavy atom. The van der Waals surface area contributed by atoms with E-state index in [0.29, 0.717) is 5.56 Å². The molecule has 3 aromatic carbocycles. The first-order chi connectivity index (χ1) is 20.5. The van der Waals surface area contributed by atoms with Crippen molar-refractivity contribution in [3.63, 3.8) is 0 Å². The van der Waals surface area contributed by atoms with Crippen LogP contribution in [-0.4, -0.2) is 97.3 Å². The number of esters is 1. The Morgan fingerprint density at radius 2 is 1.65 bits per heavy atom. The van der Waals surface area contributed by atoms with Crippen molar-refractivity contribution in [2.75, 3.05) is 13.7 Å². The van der Waals surface area contributed by atoms with Crippen molar-refractivity contribution in [3.8, 4) is 40.2 Å². The average Bonchev–Trinajstić information content (AvgIpc) is 2.98. The van der Waals surface area contributed by atoms with E-state index >= 15 is 0 Å². The summed E-state index contributed by atoms with van der Waals surface area (Å²) < 4.78 is 28.2. The number of methoxy groups -OCH3 is 1. The SMILES string of the molecule is COc1cc(C(=O)OC2C(O)C(CO)OC(OC3Cc4c(O)cc(O)cc4OC3c3ccc(O)c(O)c3)C2O)ccc1O. The van der Waals surface area contributed by atoms with E-state index < -0.39 is 67.0 Å². The molecule has 230 valence electrons. The molecule has 2 heterocycles. The van der Waals surface area contributed by atoms with E-state index in [9.17, 15) is 45.6 Å². The Morgan fingerprint density at radius 1 is 0.907 bits per heavy atom. The number of phenols is 5. The summed E-state index contributed by atoms with van der Waals surface area (Å²) in [4.78, 5) is 12.9. The third-order valence-corrected chi connectivity index (χ3v) is 7.28. The van der Waals surface area contributed by atoms with Gasteiger partial charge >= 0.3 is 5.97 Å². The van der Waals surface area contributed by atoms with Gasteiger partial charge in [-0.25, -0.2) is 4.79 Å². The van der Waals surface area contributed by atoms with Gasteiger partial charge in [0.25, 0.3) is 0 Å². The Labute approximate surface area is 244 Å². The minimum absolute atomic E-state index is 0.0163. The first kappa shape index (κ1) is 30.0. The molecule has 0 saturated carbocycles. The van der Waals surface area contributed by atoms with Crippen LogP contribution < -0.4 is 9.47 Å². The first-order valence-corrected chi connectivity index (χ1v) is 13.1. The summed E-state index contributed by atoms with van der Waals surface area (Å²) in [6.45, 7) is -0.742. The number of fused-ring (bicyclic) bond motifs is 1. The lowest BCUT2D eigenvalue weighted by Gasteiger charge is -2.44. The second-order valence-electron chi connectivity index (χ2n) is 10.1. The molecule has 0 radical (unpaired) electrons. The lowest BCUT2D eigenvalue weighted by Crippen LogP contribution is -2.61. The lowest BCUT2D eigenvalue weighted by molar-refractivity contribution is -0.316. The standard InChI is InChI=1S/C29H30O14/c1-39-21-7-13(3-5-17(21)33)28(38)43-27-24(36)23(11-30)42-29(25(27)37)41-22-10-15-18(34)8-14(31)9-20(15)40-26(22)12-2-4-16(32)19(35)6-12/h2-9,22-27,29-37H,10-11H2,1H3. The molecule has 0 amide bonds. The first-order valence-electron chi connectivity index (χ1n) is 13.1. The van der Waals surface area contributed by atoms with Crippen LogP contribution in [0.3, 0.4) is 0 Å². The Kier molecular flexibility index (Phi) is 8.39. The van der Waals surface area contributed by atoms with Crippen LogP contribution in [0.4, 0.5) is 0 Å². The lowest BCUT2D eigenvalue weighted by atomic mass is 9.93. The zero-order chi connectivity index (χ0) is 31.0. The van der Waals surface area contributed by atoms with Gasteiger partial charge in [0.05, 0.1) is 19.3 Å². The van der Waals surface area contributed by atoms with Gasteiger partial charge in [0, 0.05) is 24.1 Å². The molecule has 0 aliphatic carbocycles. The summed E-state index contributed by atoms with van der Waals surface area (Å²) in [6, 6.07) is 9.91. The second kappa shape index (κ2) is 12.0. The normalized spacial score (nSPS) is 26.7. The monoisotopic (exact) mass is 602 g/mol. The number of carbonyl (C=O) groups excluding carboxylic acids is 1. The van der Waals surface area contributed by atoms with Crippen LogP contribution in [0.5, 0.6) is 40.2 Å². The molecule has 0 aromatic heterocycles. The van der Waals surface area contributed by atoms with Crippen molar-refractivity contribution >= 4 is 5.97 Å². The van der Waals surface area contributed by atoms with Crippen LogP contribution in [0.15, 0.2) is 48.5 Å². The van der Waals surface area contributed by atoms with Gasteiger partial charge < -0.3 is 64.5 Å². The average molecular weight is 603 g/mol. The van der Waals surface area contributed by atoms with E-state index in [-0.39, 0.29) is 46.3 Å². The molecule has 14 nitrogen and oxygen atoms in total. The fourth-order valence-corrected chi connectivity index (χ4v) is 5.04. The molecule has 0 bridgehead atoms. The third-order valence-electron chi connectivity index (χ3n) is 7.28. The molecule has 14 heteroatoms. The minimum Gasteiger partial charge on any atom is -0.508 e. The molecule has 2 aliphatic rings. The van der Waals surface area contributed by atoms with Crippen molar-refractivity contribution in [3.05, 3.63) is 65.2 Å². The molecule has 7 atom stereocenters. The maximum Gasteiger partial charge on any atom is 0.338 e. The molecule has 5 rings (SSSR count). The molecular weight excluding hydrogens is 572 g/mol. The van der Waals surface area contributed by atoms with Crippen LogP contribution in [-0.2, 0) is 20.6 Å². The number of rotatable bonds is 7. The van der Waals surface area contributed by atoms with E-state index in [0.717, 1.165) is 6.07 Å². The zero-order valence-corrected chi connectivity index (χ0v) is 22.6. The Balaban J connectivity index is 1.44. The predicted octanol–water partition coefficient (Wildman–Crippen LogP) is 0.949. The van der Waals surface area contributed by atoms with Crippen molar-refractivity contribution < 1.29 is 69.3 Å². The summed E-state index contributed by atoms with van der Waals surface area (Å²) in [7, 11) is 1.28. The molecule has 1 saturated heterocycles. The predicted molar refractivity (Wildman–Crippen MR) is 143 cm³/mol. The highest BCUT2D eigenvalue weighted by molar-refractivity contribution is 5.90. The summed E-state index contributed by atoms with van der Waals surface area (Å²) >= 11 is 0. The number of benzene rings is 3. The topological polar surface area (TPSA) is 225 Å². The fourth-order valence-electron chi connectivity index (χ4n) is 5.04. The number of carbonyl (C=O) groups is 1. The number of aliphatic hydroxyl groups is 3. The van der Waals surface area contributed by atoms with Crippen molar-refractivity contribution in [1.29, 1.82) is 0 Å². The zero-order valence-electron chi connectivity index (χ0n) is 22.6. The van der Waals surface area contributed by atoms with E-state index in [1.807, 2.05) is 0 Å². The highest BCUT2D eigenvalue weighted by atomic mass is 16.7. The van der Waals surface area contributed by atoms with E-state index in [1.165, 1.54) is 49.6 Å². The van der Waals surface area contributed by atoms with Crippen molar-refractivity contribution in [2.24, 2.45) is 0 Å². The summed E-state index contributed by atoms with van der Waals surface area (Å²) in [5.41, 5.74) is 0.485. The van der Waals surface area contributed by atoms with Gasteiger partial charge in [0.2, 0.25) is 0 Å². The maximum atomic E-state index is 12.9. The Bertz CT molecular complexity index is 1490. The molecule has 0 spiro atoms. The van der Waals surface area contributed by atoms with Gasteiger partial charge in [-0.05, 0) is 35.9 Å². The summed E-state index contributed by atoms with van der Waals surface area (Å²) in [5.74, 6) is -2.56. The molecule has 1 fully saturated rings. The van der Waals surface area contributed by atoms with Gasteiger partial charge in [-0.3, -0.25) is 0 Å². The Hall–Kier alpha value is -4.47. The highest BCUT2D eigenvalue weighted by Crippen LogP contribution is 2.44. The minimum atomic E-state index is -1.80. The molecule has 8 N–H and O–H groups in total. The number of aliphatic hydroxyl groups excluding tert-OH is 3. The number of hydrogen-bond donors (Lipinski definition) is 8. The van der Waals surface area contributed by atoms with Crippen LogP contribution in [0.25, 0.3) is 0 Å². The van der Waals surface area contributed by atoms with Crippen molar-refractivity contribution in [2.45, 2.75) is 49.3 Å². The van der Waals surface area contributed by atoms with E-state index in [1.54, 1.807) is 0 Å². The van der Waals surface area contributed by atoms with Crippen LogP contribution >= 0.6 is 0 Å². The molecule has 3 aromatic rings. The van der Waals surface area contributed by atoms with Gasteiger partial charge in [-0.1, -0.05) is 6.07 Å². The van der Waals surface area contributed by atoms with Crippen LogP contribution in [0.2, 0.25) is 0 Å². The quantitative estimate of drug-likeness (QED) is 0.139. The van der Waals surface area contributed by atoms with Gasteiger partial charge in [0.15, 0.2) is 41.5 Å². The molecular formula is C29H30O14. The highest BCUT2D eigenvalue weighted by Gasteiger charge is 2.49. The van der Waals surface area contributed by atoms with Crippen molar-refractivity contribution in [1.82, 2.24) is 0 Å². The maximum absolute atomic E-state index is 12.9. The molecule has 43 heavy (non-hydrogen) atoms. The smallest absolute Gasteiger partial charge is 0.338 e. The fraction of sp³-hybridized carbons (Fsp3) is 0.345. The third kappa shape index (κ3) is 5.91. The van der Waals surface area contributed by atoms with Gasteiger partial charge in [-0.15, -0.1) is 0 Å². The summed E-state index contributed by atoms with van der Waals surface area (Å²) in [5, 5.41) is 82.0. The van der Waals surface area contributed by atoms with Gasteiger partial charge in [-0.2, -0.15) is 0 Å². The number of hydrogen-bond acceptors (Lipinski definition) is 14. The molecule has 2 aliphatic heterocycles. The van der Waals surface area contributed by atoms with Crippen LogP contribution in [0.1, 0.15) is 27.6 Å². The van der Waals surface area contributed by atoms with E-state index in [4.69, 9.17) is 23.7 Å². The number of ether oxygens (including phenoxy) is 5. The molecule has 7 unspecified atom stereocenters. The van der Waals surface area contributed by atoms with E-state index in [2.05, 4.69) is 0 Å². The second-order valence-corrected chi connectivity index (χ2v) is 10.1. The van der Waals surface area contributed by atoms with Gasteiger partial charge in [0.1, 0.15) is 41.7 Å². The summed E-state index contributed by atoms with van der Waals surface area (Å²) in [6.07, 6.45) is -10.3. The number of phenolic OH excluding ortho intramolecular Hbond substituents is 5. The largest absolute Gasteiger partial charge is 0.508 e. The van der Waals surface area contributed by atoms with Crippen LogP contribution in [0, 0.1) is 0 Å².